The first-order valence-corrected chi connectivity index (χ1v) is 23.9. The molecule has 30 nitrogen and oxygen atoms in total. The molecule has 32 heteroatoms. The van der Waals surface area contributed by atoms with Crippen LogP contribution in [0.3, 0.4) is 0 Å². The number of ether oxygens (including phenoxy) is 1. The van der Waals surface area contributed by atoms with Gasteiger partial charge in [0.05, 0.1) is 49.6 Å². The number of nitro benzene ring substituents is 1. The number of hydrogen-bond donors (Lipinski definition) is 13. The number of nitrogens with zero attached hydrogens (tertiary/aromatic N) is 2. The van der Waals surface area contributed by atoms with Gasteiger partial charge >= 0.3 is 23.7 Å². The number of amides is 11. The van der Waals surface area contributed by atoms with Crippen molar-refractivity contribution in [1.29, 1.82) is 0 Å². The fourth-order valence-electron chi connectivity index (χ4n) is 6.90. The van der Waals surface area contributed by atoms with Crippen molar-refractivity contribution >= 4 is 104 Å². The van der Waals surface area contributed by atoms with E-state index in [-0.39, 0.29) is 22.6 Å². The van der Waals surface area contributed by atoms with E-state index in [1.807, 2.05) is 0 Å². The number of carbonyl (C=O) groups excluding carboxylic acids is 11. The van der Waals surface area contributed by atoms with Crippen LogP contribution in [0.2, 0.25) is 0 Å². The lowest BCUT2D eigenvalue weighted by atomic mass is 10.0. The summed E-state index contributed by atoms with van der Waals surface area (Å²) in [7, 11) is 2.76. The van der Waals surface area contributed by atoms with Crippen LogP contribution in [0.25, 0.3) is 0 Å². The molecule has 0 spiro atoms. The number of rotatable bonds is 11. The smallest absolute Gasteiger partial charge is 0.337 e. The van der Waals surface area contributed by atoms with Gasteiger partial charge in [-0.05, 0) is 35.9 Å². The number of nitrogens with two attached hydrogens (primary N) is 2. The van der Waals surface area contributed by atoms with Crippen molar-refractivity contribution in [2.45, 2.75) is 68.0 Å². The summed E-state index contributed by atoms with van der Waals surface area (Å²) in [5, 5.41) is 59.9. The van der Waals surface area contributed by atoms with Gasteiger partial charge in [-0.2, -0.15) is 0 Å². The number of aliphatic carboxylic acids is 1. The van der Waals surface area contributed by atoms with Crippen molar-refractivity contribution in [2.24, 2.45) is 11.5 Å². The van der Waals surface area contributed by atoms with E-state index in [1.54, 1.807) is 0 Å². The molecule has 11 amide bonds. The maximum absolute atomic E-state index is 13.8. The molecule has 2 fully saturated rings. The first-order chi connectivity index (χ1) is 34.4. The van der Waals surface area contributed by atoms with Gasteiger partial charge in [-0.15, -0.1) is 0 Å². The molecule has 73 heavy (non-hydrogen) atoms. The highest BCUT2D eigenvalue weighted by Crippen LogP contribution is 2.27. The van der Waals surface area contributed by atoms with Crippen LogP contribution in [0.1, 0.15) is 35.2 Å². The Morgan fingerprint density at radius 1 is 0.822 bits per heavy atom. The van der Waals surface area contributed by atoms with Crippen LogP contribution in [-0.4, -0.2) is 177 Å². The Labute approximate surface area is 420 Å². The van der Waals surface area contributed by atoms with Crippen molar-refractivity contribution in [1.82, 2.24) is 42.1 Å². The normalized spacial score (nSPS) is 23.1. The predicted molar refractivity (Wildman–Crippen MR) is 252 cm³/mol. The highest BCUT2D eigenvalue weighted by molar-refractivity contribution is 8.76. The molecule has 15 N–H and O–H groups in total. The van der Waals surface area contributed by atoms with E-state index in [9.17, 15) is 83.0 Å². The number of aliphatic hydroxyl groups is 1. The Hall–Kier alpha value is -8.26. The lowest BCUT2D eigenvalue weighted by Gasteiger charge is -2.27. The molecule has 2 aromatic rings. The average molecular weight is 1060 g/mol. The fraction of sp³-hybridized carbons (Fsp3) is 0.415. The van der Waals surface area contributed by atoms with E-state index in [2.05, 4.69) is 47.3 Å². The minimum absolute atomic E-state index is 0.00908. The number of primary amides is 2. The highest BCUT2D eigenvalue weighted by Gasteiger charge is 2.41. The van der Waals surface area contributed by atoms with Gasteiger partial charge in [0.25, 0.3) is 0 Å². The highest BCUT2D eigenvalue weighted by atomic mass is 33.1. The number of fused-ring (bicyclic) bond motifs is 1. The summed E-state index contributed by atoms with van der Waals surface area (Å²) in [6.45, 7) is -2.37. The number of urea groups is 1. The molecular weight excluding hydrogens is 1010 g/mol. The van der Waals surface area contributed by atoms with Gasteiger partial charge in [-0.25, -0.2) is 9.59 Å². The molecule has 2 aliphatic rings. The van der Waals surface area contributed by atoms with Gasteiger partial charge in [-0.1, -0.05) is 27.7 Å². The number of hydrogen-bond acceptors (Lipinski definition) is 19. The predicted octanol–water partition coefficient (Wildman–Crippen LogP) is -4.82. The number of aliphatic hydroxyl groups excluding tert-OH is 1. The maximum atomic E-state index is 13.8. The van der Waals surface area contributed by atoms with Crippen LogP contribution in [-0.2, 0) is 59.1 Å². The molecular formula is C41H50N12O18S2. The molecule has 0 unspecified atom stereocenters. The Morgan fingerprint density at radius 3 is 2.08 bits per heavy atom. The Balaban J connectivity index is 1.68. The standard InChI is InChI=1S/C41H50N12O18S2/c1-71-40(67)19-3-5-20(6-4-19)46-41(68)51-26-17-73-72-16-25(34(43)61)50-37(64)23(11-30(42)56)49-39(66)28-10-21(54)15-52(28)32(58)14-45-35(62)22(8-18-2-7-29(55)27(9-18)53(69)70)47-31(57)13-44-36(63)24(12-33(59)60)48-38(26)65/h2-7,9,21-26,28,54-55H,8,10-17H2,1H3,(H2,42,56)(H2,43,61)(H,44,63)(H,45,62)(H,47,57)(H,48,65)(H,49,66)(H,50,64)(H,59,60)(H2,46,51,68)/t21-,22+,23+,24-,25-,26-,28+/m1/s1. The molecule has 0 bridgehead atoms. The second-order valence-corrected chi connectivity index (χ2v) is 18.5. The molecule has 0 saturated carbocycles. The zero-order chi connectivity index (χ0) is 54.1. The second-order valence-electron chi connectivity index (χ2n) is 15.9. The number of nitro groups is 1. The van der Waals surface area contributed by atoms with Crippen molar-refractivity contribution in [3.63, 3.8) is 0 Å². The van der Waals surface area contributed by atoms with E-state index < -0.39 is 181 Å². The summed E-state index contributed by atoms with van der Waals surface area (Å²) < 4.78 is 4.65. The minimum Gasteiger partial charge on any atom is -0.502 e. The SMILES string of the molecule is COC(=O)c1ccc(NC(=O)N[C@@H]2CSSC[C@H](C(N)=O)NC(=O)[C@H](CC(N)=O)NC(=O)[C@@H]3C[C@@H](O)CN3C(=O)CNC(=O)[C@H](Cc3ccc(O)c([N+](=O)[O-])c3)NC(=O)CNC(=O)[C@@H](CC(=O)O)NC2=O)cc1. The molecule has 0 aliphatic carbocycles. The first-order valence-electron chi connectivity index (χ1n) is 21.5. The third-order valence-electron chi connectivity index (χ3n) is 10.5. The zero-order valence-corrected chi connectivity index (χ0v) is 39.9. The molecule has 2 aromatic carbocycles. The largest absolute Gasteiger partial charge is 0.502 e. The number of phenols is 1. The number of methoxy groups -OCH3 is 1. The van der Waals surface area contributed by atoms with Crippen molar-refractivity contribution in [3.05, 3.63) is 63.7 Å². The van der Waals surface area contributed by atoms with E-state index in [0.29, 0.717) is 0 Å². The Bertz CT molecular complexity index is 2500. The van der Waals surface area contributed by atoms with E-state index in [4.69, 9.17) is 11.5 Å². The third-order valence-corrected chi connectivity index (χ3v) is 12.9. The van der Waals surface area contributed by atoms with E-state index >= 15 is 0 Å². The number of esters is 1. The van der Waals surface area contributed by atoms with Gasteiger partial charge < -0.3 is 79.0 Å². The van der Waals surface area contributed by atoms with Gasteiger partial charge in [-0.3, -0.25) is 58.1 Å². The lowest BCUT2D eigenvalue weighted by Crippen LogP contribution is -2.58. The summed E-state index contributed by atoms with van der Waals surface area (Å²) in [6, 6.07) is -2.90. The van der Waals surface area contributed by atoms with E-state index in [0.717, 1.165) is 45.7 Å². The van der Waals surface area contributed by atoms with Crippen LogP contribution in [0.4, 0.5) is 16.2 Å². The maximum Gasteiger partial charge on any atom is 0.337 e. The second kappa shape index (κ2) is 26.8. The first kappa shape index (κ1) is 57.3. The molecule has 2 saturated heterocycles. The fourth-order valence-corrected chi connectivity index (χ4v) is 9.24. The average Bonchev–Trinajstić information content (AvgIpc) is 3.73. The van der Waals surface area contributed by atoms with Crippen LogP contribution < -0.4 is 54.0 Å². The minimum atomic E-state index is -1.94. The number of phenolic OH excluding ortho intramolecular Hbond substituents is 1. The summed E-state index contributed by atoms with van der Waals surface area (Å²) in [5.74, 6) is -13.9. The van der Waals surface area contributed by atoms with Crippen LogP contribution in [0, 0.1) is 10.1 Å². The van der Waals surface area contributed by atoms with Crippen molar-refractivity contribution in [2.75, 3.05) is 43.6 Å². The summed E-state index contributed by atoms with van der Waals surface area (Å²) in [4.78, 5) is 168. The summed E-state index contributed by atoms with van der Waals surface area (Å²) >= 11 is 0. The van der Waals surface area contributed by atoms with Crippen molar-refractivity contribution < 1.29 is 82.5 Å². The lowest BCUT2D eigenvalue weighted by molar-refractivity contribution is -0.385. The van der Waals surface area contributed by atoms with Gasteiger partial charge in [0.2, 0.25) is 53.2 Å². The molecule has 2 aliphatic heterocycles. The van der Waals surface area contributed by atoms with Crippen LogP contribution in [0.5, 0.6) is 5.75 Å². The van der Waals surface area contributed by atoms with Crippen molar-refractivity contribution in [3.8, 4) is 5.75 Å². The number of anilines is 1. The quantitative estimate of drug-likeness (QED) is 0.0435. The third kappa shape index (κ3) is 17.5. The number of carboxylic acids is 1. The van der Waals surface area contributed by atoms with Gasteiger partial charge in [0.1, 0.15) is 36.3 Å². The van der Waals surface area contributed by atoms with Crippen LogP contribution >= 0.6 is 21.6 Å². The molecule has 4 rings (SSSR count). The number of carbonyl (C=O) groups is 12. The Morgan fingerprint density at radius 2 is 1.45 bits per heavy atom. The topological polar surface area (TPSA) is 469 Å². The summed E-state index contributed by atoms with van der Waals surface area (Å²) in [5.41, 5.74) is 10.4. The van der Waals surface area contributed by atoms with E-state index in [1.165, 1.54) is 30.3 Å². The zero-order valence-electron chi connectivity index (χ0n) is 38.3. The van der Waals surface area contributed by atoms with Crippen LogP contribution in [0.15, 0.2) is 42.5 Å². The Kier molecular flexibility index (Phi) is 21.1. The molecule has 0 radical (unpaired) electrons. The summed E-state index contributed by atoms with van der Waals surface area (Å²) in [6.07, 6.45) is -4.19. The number of carboxylic acid groups (broad SMARTS) is 1. The van der Waals surface area contributed by atoms with Gasteiger partial charge in [0, 0.05) is 42.6 Å². The molecule has 394 valence electrons. The van der Waals surface area contributed by atoms with Gasteiger partial charge in [0.15, 0.2) is 5.75 Å². The molecule has 7 atom stereocenters. The molecule has 0 aromatic heterocycles. The number of aromatic hydroxyl groups is 1. The number of benzene rings is 2. The monoisotopic (exact) mass is 1060 g/mol. The molecule has 2 heterocycles. The number of nitrogens with one attached hydrogen (secondary N) is 8.